The van der Waals surface area contributed by atoms with Crippen LogP contribution in [0.15, 0.2) is 47.4 Å². The first-order chi connectivity index (χ1) is 11.0. The minimum absolute atomic E-state index is 0.275. The summed E-state index contributed by atoms with van der Waals surface area (Å²) in [5.74, 6) is 0.165. The van der Waals surface area contributed by atoms with Gasteiger partial charge in [0.15, 0.2) is 0 Å². The van der Waals surface area contributed by atoms with E-state index in [-0.39, 0.29) is 5.91 Å². The molecule has 0 radical (unpaired) electrons. The number of aromatic nitrogens is 2. The third-order valence-electron chi connectivity index (χ3n) is 3.52. The molecule has 2 aromatic carbocycles. The molecule has 1 aromatic heterocycles. The SMILES string of the molecule is Cn1c(NC(=O)c2ccc([S@](C)=O)cc2)nc2cc(Cl)ccc21. The summed E-state index contributed by atoms with van der Waals surface area (Å²) in [6, 6.07) is 12.0. The van der Waals surface area contributed by atoms with Crippen molar-refractivity contribution in [1.29, 1.82) is 0 Å². The van der Waals surface area contributed by atoms with Crippen LogP contribution in [0.4, 0.5) is 5.95 Å². The Bertz CT molecular complexity index is 919. The number of hydrogen-bond donors (Lipinski definition) is 1. The van der Waals surface area contributed by atoms with Gasteiger partial charge in [-0.1, -0.05) is 11.6 Å². The van der Waals surface area contributed by atoms with E-state index >= 15 is 0 Å². The second-order valence-corrected chi connectivity index (χ2v) is 6.88. The first-order valence-electron chi connectivity index (χ1n) is 6.82. The predicted octanol–water partition coefficient (Wildman–Crippen LogP) is 3.22. The van der Waals surface area contributed by atoms with E-state index in [0.717, 1.165) is 5.52 Å². The lowest BCUT2D eigenvalue weighted by atomic mass is 10.2. The third-order valence-corrected chi connectivity index (χ3v) is 4.69. The molecule has 1 amide bonds. The number of benzene rings is 2. The van der Waals surface area contributed by atoms with Crippen LogP contribution in [0.1, 0.15) is 10.4 Å². The fraction of sp³-hybridized carbons (Fsp3) is 0.125. The number of amides is 1. The number of rotatable bonds is 3. The highest BCUT2D eigenvalue weighted by Crippen LogP contribution is 2.22. The summed E-state index contributed by atoms with van der Waals surface area (Å²) >= 11 is 5.96. The van der Waals surface area contributed by atoms with E-state index in [1.54, 1.807) is 47.2 Å². The van der Waals surface area contributed by atoms with Crippen LogP contribution in [0.3, 0.4) is 0 Å². The summed E-state index contributed by atoms with van der Waals surface area (Å²) in [6.07, 6.45) is 1.60. The van der Waals surface area contributed by atoms with E-state index in [4.69, 9.17) is 11.6 Å². The summed E-state index contributed by atoms with van der Waals surface area (Å²) < 4.78 is 13.2. The van der Waals surface area contributed by atoms with Gasteiger partial charge >= 0.3 is 0 Å². The molecule has 118 valence electrons. The van der Waals surface area contributed by atoms with Crippen molar-refractivity contribution in [2.75, 3.05) is 11.6 Å². The fourth-order valence-corrected chi connectivity index (χ4v) is 2.94. The molecule has 1 heterocycles. The van der Waals surface area contributed by atoms with Crippen LogP contribution in [-0.2, 0) is 17.8 Å². The van der Waals surface area contributed by atoms with Crippen molar-refractivity contribution in [2.45, 2.75) is 4.90 Å². The van der Waals surface area contributed by atoms with Crippen LogP contribution in [0.5, 0.6) is 0 Å². The van der Waals surface area contributed by atoms with E-state index < -0.39 is 10.8 Å². The molecule has 0 aliphatic rings. The van der Waals surface area contributed by atoms with Gasteiger partial charge in [0.1, 0.15) is 0 Å². The van der Waals surface area contributed by atoms with Gasteiger partial charge in [-0.25, -0.2) is 4.98 Å². The van der Waals surface area contributed by atoms with Crippen molar-refractivity contribution in [3.63, 3.8) is 0 Å². The van der Waals surface area contributed by atoms with Crippen LogP contribution >= 0.6 is 11.6 Å². The van der Waals surface area contributed by atoms with Gasteiger partial charge in [-0.15, -0.1) is 0 Å². The molecule has 5 nitrogen and oxygen atoms in total. The molecule has 23 heavy (non-hydrogen) atoms. The maximum Gasteiger partial charge on any atom is 0.257 e. The standard InChI is InChI=1S/C16H14ClN3O2S/c1-20-14-8-5-11(17)9-13(14)18-16(20)19-15(21)10-3-6-12(7-4-10)23(2)22/h3-9H,1-2H3,(H,18,19,21)/t23-/m0/s1. The Kier molecular flexibility index (Phi) is 4.19. The first kappa shape index (κ1) is 15.7. The summed E-state index contributed by atoms with van der Waals surface area (Å²) in [5.41, 5.74) is 2.07. The van der Waals surface area contributed by atoms with Crippen LogP contribution in [-0.4, -0.2) is 25.9 Å². The lowest BCUT2D eigenvalue weighted by Crippen LogP contribution is -2.15. The van der Waals surface area contributed by atoms with E-state index in [0.29, 0.717) is 26.9 Å². The maximum atomic E-state index is 12.3. The Labute approximate surface area is 140 Å². The fourth-order valence-electron chi connectivity index (χ4n) is 2.26. The zero-order valence-corrected chi connectivity index (χ0v) is 14.1. The average molecular weight is 348 g/mol. The number of hydrogen-bond acceptors (Lipinski definition) is 3. The van der Waals surface area contributed by atoms with Gasteiger partial charge < -0.3 is 4.57 Å². The molecule has 0 aliphatic heterocycles. The van der Waals surface area contributed by atoms with Gasteiger partial charge in [0.2, 0.25) is 5.95 Å². The quantitative estimate of drug-likeness (QED) is 0.791. The topological polar surface area (TPSA) is 64.0 Å². The molecule has 1 atom stereocenters. The largest absolute Gasteiger partial charge is 0.313 e. The van der Waals surface area contributed by atoms with Gasteiger partial charge in [-0.05, 0) is 42.5 Å². The van der Waals surface area contributed by atoms with Gasteiger partial charge in [-0.2, -0.15) is 0 Å². The second-order valence-electron chi connectivity index (χ2n) is 5.06. The van der Waals surface area contributed by atoms with Gasteiger partial charge in [0, 0.05) is 39.6 Å². The summed E-state index contributed by atoms with van der Waals surface area (Å²) in [4.78, 5) is 17.4. The Morgan fingerprint density at radius 3 is 2.57 bits per heavy atom. The molecule has 0 fully saturated rings. The minimum Gasteiger partial charge on any atom is -0.313 e. The molecule has 0 saturated carbocycles. The van der Waals surface area contributed by atoms with Gasteiger partial charge in [0.05, 0.1) is 11.0 Å². The van der Waals surface area contributed by atoms with Crippen LogP contribution in [0.25, 0.3) is 11.0 Å². The van der Waals surface area contributed by atoms with E-state index in [2.05, 4.69) is 10.3 Å². The Morgan fingerprint density at radius 1 is 1.22 bits per heavy atom. The molecule has 7 heteroatoms. The number of carbonyl (C=O) groups excluding carboxylic acids is 1. The first-order valence-corrected chi connectivity index (χ1v) is 8.76. The molecular formula is C16H14ClN3O2S. The number of anilines is 1. The minimum atomic E-state index is -1.07. The molecule has 0 aliphatic carbocycles. The number of fused-ring (bicyclic) bond motifs is 1. The number of aryl methyl sites for hydroxylation is 1. The van der Waals surface area contributed by atoms with Crippen LogP contribution in [0.2, 0.25) is 5.02 Å². The highest BCUT2D eigenvalue weighted by molar-refractivity contribution is 7.84. The predicted molar refractivity (Wildman–Crippen MR) is 92.5 cm³/mol. The van der Waals surface area contributed by atoms with Crippen molar-refractivity contribution < 1.29 is 9.00 Å². The van der Waals surface area contributed by atoms with Crippen LogP contribution in [0, 0.1) is 0 Å². The van der Waals surface area contributed by atoms with Crippen molar-refractivity contribution in [3.05, 3.63) is 53.1 Å². The number of imidazole rings is 1. The lowest BCUT2D eigenvalue weighted by Gasteiger charge is -2.05. The van der Waals surface area contributed by atoms with Crippen molar-refractivity contribution in [2.24, 2.45) is 7.05 Å². The summed E-state index contributed by atoms with van der Waals surface area (Å²) in [6.45, 7) is 0. The number of halogens is 1. The molecular weight excluding hydrogens is 334 g/mol. The van der Waals surface area contributed by atoms with Gasteiger partial charge in [-0.3, -0.25) is 14.3 Å². The number of carbonyl (C=O) groups is 1. The highest BCUT2D eigenvalue weighted by atomic mass is 35.5. The Morgan fingerprint density at radius 2 is 1.91 bits per heavy atom. The summed E-state index contributed by atoms with van der Waals surface area (Å²) in [7, 11) is 0.756. The van der Waals surface area contributed by atoms with Crippen molar-refractivity contribution >= 4 is 45.3 Å². The maximum absolute atomic E-state index is 12.3. The van der Waals surface area contributed by atoms with E-state index in [1.165, 1.54) is 0 Å². The highest BCUT2D eigenvalue weighted by Gasteiger charge is 2.13. The average Bonchev–Trinajstić information content (AvgIpc) is 2.82. The number of nitrogens with zero attached hydrogens (tertiary/aromatic N) is 2. The molecule has 0 saturated heterocycles. The molecule has 0 bridgehead atoms. The van der Waals surface area contributed by atoms with E-state index in [1.807, 2.05) is 13.1 Å². The Hall–Kier alpha value is -2.18. The zero-order chi connectivity index (χ0) is 16.6. The molecule has 0 spiro atoms. The smallest absolute Gasteiger partial charge is 0.257 e. The van der Waals surface area contributed by atoms with Crippen LogP contribution < -0.4 is 5.32 Å². The zero-order valence-electron chi connectivity index (χ0n) is 12.5. The normalized spacial score (nSPS) is 12.3. The molecule has 3 aromatic rings. The molecule has 1 N–H and O–H groups in total. The van der Waals surface area contributed by atoms with E-state index in [9.17, 15) is 9.00 Å². The van der Waals surface area contributed by atoms with Gasteiger partial charge in [0.25, 0.3) is 5.91 Å². The monoisotopic (exact) mass is 347 g/mol. The van der Waals surface area contributed by atoms with Crippen molar-refractivity contribution in [3.8, 4) is 0 Å². The molecule has 0 unspecified atom stereocenters. The second kappa shape index (κ2) is 6.14. The number of nitrogens with one attached hydrogen (secondary N) is 1. The Balaban J connectivity index is 1.87. The lowest BCUT2D eigenvalue weighted by molar-refractivity contribution is 0.102. The van der Waals surface area contributed by atoms with Crippen molar-refractivity contribution in [1.82, 2.24) is 9.55 Å². The third kappa shape index (κ3) is 3.13. The summed E-state index contributed by atoms with van der Waals surface area (Å²) in [5, 5.41) is 3.37. The molecule has 3 rings (SSSR count).